The van der Waals surface area contributed by atoms with Crippen LogP contribution in [0.3, 0.4) is 0 Å². The number of amides is 2. The van der Waals surface area contributed by atoms with Crippen LogP contribution in [0.5, 0.6) is 0 Å². The number of benzene rings is 2. The van der Waals surface area contributed by atoms with Gasteiger partial charge in [-0.2, -0.15) is 0 Å². The highest BCUT2D eigenvalue weighted by molar-refractivity contribution is 5.75. The first-order chi connectivity index (χ1) is 10.1. The maximum absolute atomic E-state index is 12.7. The molecule has 0 unspecified atom stereocenters. The normalized spacial score (nSPS) is 10.6. The number of hydrogen-bond acceptors (Lipinski definition) is 1. The van der Waals surface area contributed by atoms with Gasteiger partial charge in [0, 0.05) is 12.7 Å². The van der Waals surface area contributed by atoms with E-state index in [1.807, 2.05) is 37.3 Å². The zero-order valence-electron chi connectivity index (χ0n) is 11.8. The molecule has 0 saturated heterocycles. The summed E-state index contributed by atoms with van der Waals surface area (Å²) in [6.07, 6.45) is 3.42. The molecule has 0 aliphatic carbocycles. The second-order valence-corrected chi connectivity index (χ2v) is 4.70. The van der Waals surface area contributed by atoms with Crippen molar-refractivity contribution in [3.63, 3.8) is 0 Å². The lowest BCUT2D eigenvalue weighted by atomic mass is 10.1. The third-order valence-electron chi connectivity index (χ3n) is 2.90. The Morgan fingerprint density at radius 2 is 1.95 bits per heavy atom. The Hall–Kier alpha value is -2.62. The molecule has 2 aromatic carbocycles. The predicted octanol–water partition coefficient (Wildman–Crippen LogP) is 3.60. The highest BCUT2D eigenvalue weighted by atomic mass is 19.1. The van der Waals surface area contributed by atoms with E-state index < -0.39 is 0 Å². The lowest BCUT2D eigenvalue weighted by molar-refractivity contribution is 0.244. The summed E-state index contributed by atoms with van der Waals surface area (Å²) < 4.78 is 12.7. The van der Waals surface area contributed by atoms with Gasteiger partial charge in [-0.15, -0.1) is 0 Å². The first-order valence-electron chi connectivity index (χ1n) is 6.65. The van der Waals surface area contributed by atoms with E-state index in [1.54, 1.807) is 18.3 Å². The average Bonchev–Trinajstić information content (AvgIpc) is 2.47. The number of urea groups is 1. The molecule has 108 valence electrons. The van der Waals surface area contributed by atoms with Crippen LogP contribution in [0, 0.1) is 12.7 Å². The Kier molecular flexibility index (Phi) is 5.10. The molecule has 3 nitrogen and oxygen atoms in total. The first-order valence-corrected chi connectivity index (χ1v) is 6.65. The summed E-state index contributed by atoms with van der Waals surface area (Å²) >= 11 is 0. The van der Waals surface area contributed by atoms with Gasteiger partial charge in [-0.3, -0.25) is 0 Å². The van der Waals surface area contributed by atoms with E-state index in [9.17, 15) is 9.18 Å². The van der Waals surface area contributed by atoms with Gasteiger partial charge in [-0.25, -0.2) is 9.18 Å². The number of carbonyl (C=O) groups excluding carboxylic acids is 1. The molecule has 2 aromatic rings. The lowest BCUT2D eigenvalue weighted by Gasteiger charge is -2.04. The summed E-state index contributed by atoms with van der Waals surface area (Å²) in [4.78, 5) is 11.6. The molecular weight excluding hydrogens is 267 g/mol. The minimum absolute atomic E-state index is 0.288. The SMILES string of the molecule is Cc1cccc(/C=C/NC(=O)NCc2ccc(F)cc2)c1. The Morgan fingerprint density at radius 3 is 2.67 bits per heavy atom. The molecule has 0 spiro atoms. The van der Waals surface area contributed by atoms with E-state index >= 15 is 0 Å². The second-order valence-electron chi connectivity index (χ2n) is 4.70. The third kappa shape index (κ3) is 5.10. The van der Waals surface area contributed by atoms with E-state index in [2.05, 4.69) is 10.6 Å². The van der Waals surface area contributed by atoms with E-state index in [4.69, 9.17) is 0 Å². The topological polar surface area (TPSA) is 41.1 Å². The van der Waals surface area contributed by atoms with Gasteiger partial charge in [-0.1, -0.05) is 42.0 Å². The van der Waals surface area contributed by atoms with Crippen molar-refractivity contribution in [2.45, 2.75) is 13.5 Å². The summed E-state index contributed by atoms with van der Waals surface area (Å²) in [5.41, 5.74) is 3.03. The van der Waals surface area contributed by atoms with Gasteiger partial charge in [0.1, 0.15) is 5.82 Å². The number of nitrogens with one attached hydrogen (secondary N) is 2. The summed E-state index contributed by atoms with van der Waals surface area (Å²) in [6, 6.07) is 13.7. The number of rotatable bonds is 4. The van der Waals surface area contributed by atoms with Crippen LogP contribution in [0.1, 0.15) is 16.7 Å². The molecule has 2 amide bonds. The molecule has 2 N–H and O–H groups in total. The smallest absolute Gasteiger partial charge is 0.319 e. The van der Waals surface area contributed by atoms with E-state index in [1.165, 1.54) is 12.1 Å². The second kappa shape index (κ2) is 7.24. The van der Waals surface area contributed by atoms with Gasteiger partial charge >= 0.3 is 6.03 Å². The van der Waals surface area contributed by atoms with Crippen molar-refractivity contribution in [2.75, 3.05) is 0 Å². The summed E-state index contributed by atoms with van der Waals surface area (Å²) in [7, 11) is 0. The zero-order chi connectivity index (χ0) is 15.1. The van der Waals surface area contributed by atoms with Crippen molar-refractivity contribution in [3.05, 3.63) is 77.2 Å². The van der Waals surface area contributed by atoms with Crippen molar-refractivity contribution >= 4 is 12.1 Å². The maximum Gasteiger partial charge on any atom is 0.319 e. The minimum Gasteiger partial charge on any atom is -0.334 e. The molecule has 0 aliphatic heterocycles. The molecule has 0 aromatic heterocycles. The third-order valence-corrected chi connectivity index (χ3v) is 2.90. The van der Waals surface area contributed by atoms with Crippen LogP contribution in [0.25, 0.3) is 6.08 Å². The zero-order valence-corrected chi connectivity index (χ0v) is 11.8. The highest BCUT2D eigenvalue weighted by Gasteiger charge is 1.98. The van der Waals surface area contributed by atoms with Crippen LogP contribution < -0.4 is 10.6 Å². The number of hydrogen-bond donors (Lipinski definition) is 2. The number of carbonyl (C=O) groups is 1. The molecule has 4 heteroatoms. The summed E-state index contributed by atoms with van der Waals surface area (Å²) in [5, 5.41) is 5.32. The molecule has 0 bridgehead atoms. The Balaban J connectivity index is 1.78. The van der Waals surface area contributed by atoms with Crippen LogP contribution in [0.15, 0.2) is 54.7 Å². The fraction of sp³-hybridized carbons (Fsp3) is 0.118. The van der Waals surface area contributed by atoms with Crippen LogP contribution >= 0.6 is 0 Å². The molecule has 0 radical (unpaired) electrons. The first kappa shape index (κ1) is 14.8. The van der Waals surface area contributed by atoms with E-state index in [0.717, 1.165) is 16.7 Å². The number of aryl methyl sites for hydroxylation is 1. The van der Waals surface area contributed by atoms with Gasteiger partial charge in [0.2, 0.25) is 0 Å². The molecule has 0 heterocycles. The Bertz CT molecular complexity index is 635. The molecule has 0 atom stereocenters. The largest absolute Gasteiger partial charge is 0.334 e. The lowest BCUT2D eigenvalue weighted by Crippen LogP contribution is -2.31. The van der Waals surface area contributed by atoms with E-state index in [0.29, 0.717) is 6.54 Å². The van der Waals surface area contributed by atoms with Gasteiger partial charge in [0.05, 0.1) is 0 Å². The van der Waals surface area contributed by atoms with Crippen LogP contribution in [0.2, 0.25) is 0 Å². The molecule has 2 rings (SSSR count). The Morgan fingerprint density at radius 1 is 1.19 bits per heavy atom. The standard InChI is InChI=1S/C17H17FN2O/c1-13-3-2-4-14(11-13)9-10-19-17(21)20-12-15-5-7-16(18)8-6-15/h2-11H,12H2,1H3,(H2,19,20,21)/b10-9+. The maximum atomic E-state index is 12.7. The van der Waals surface area contributed by atoms with Crippen LogP contribution in [0.4, 0.5) is 9.18 Å². The summed E-state index contributed by atoms with van der Waals surface area (Å²) in [5.74, 6) is -0.288. The fourth-order valence-electron chi connectivity index (χ4n) is 1.82. The minimum atomic E-state index is -0.303. The van der Waals surface area contributed by atoms with Gasteiger partial charge < -0.3 is 10.6 Å². The van der Waals surface area contributed by atoms with Crippen LogP contribution in [-0.4, -0.2) is 6.03 Å². The number of halogens is 1. The molecule has 0 fully saturated rings. The Labute approximate surface area is 123 Å². The monoisotopic (exact) mass is 284 g/mol. The molecule has 0 aliphatic rings. The van der Waals surface area contributed by atoms with Crippen molar-refractivity contribution in [1.29, 1.82) is 0 Å². The molecule has 0 saturated carbocycles. The fourth-order valence-corrected chi connectivity index (χ4v) is 1.82. The summed E-state index contributed by atoms with van der Waals surface area (Å²) in [6.45, 7) is 2.37. The van der Waals surface area contributed by atoms with Crippen molar-refractivity contribution in [1.82, 2.24) is 10.6 Å². The van der Waals surface area contributed by atoms with Crippen LogP contribution in [-0.2, 0) is 6.54 Å². The molecular formula is C17H17FN2O. The predicted molar refractivity (Wildman–Crippen MR) is 82.0 cm³/mol. The quantitative estimate of drug-likeness (QED) is 0.885. The highest BCUT2D eigenvalue weighted by Crippen LogP contribution is 2.05. The van der Waals surface area contributed by atoms with Crippen molar-refractivity contribution < 1.29 is 9.18 Å². The average molecular weight is 284 g/mol. The van der Waals surface area contributed by atoms with Gasteiger partial charge in [0.15, 0.2) is 0 Å². The van der Waals surface area contributed by atoms with Gasteiger partial charge in [0.25, 0.3) is 0 Å². The molecule has 21 heavy (non-hydrogen) atoms. The van der Waals surface area contributed by atoms with Crippen molar-refractivity contribution in [3.8, 4) is 0 Å². The van der Waals surface area contributed by atoms with Crippen molar-refractivity contribution in [2.24, 2.45) is 0 Å². The van der Waals surface area contributed by atoms with E-state index in [-0.39, 0.29) is 11.8 Å². The van der Waals surface area contributed by atoms with Gasteiger partial charge in [-0.05, 0) is 36.3 Å².